The van der Waals surface area contributed by atoms with E-state index in [1.54, 1.807) is 7.05 Å². The van der Waals surface area contributed by atoms with E-state index in [-0.39, 0.29) is 23.8 Å². The fraction of sp³-hybridized carbons (Fsp3) is 0.240. The van der Waals surface area contributed by atoms with Crippen LogP contribution >= 0.6 is 0 Å². The fourth-order valence-corrected chi connectivity index (χ4v) is 4.52. The number of hydrogen-bond acceptors (Lipinski definition) is 3. The van der Waals surface area contributed by atoms with Gasteiger partial charge in [-0.05, 0) is 31.9 Å². The van der Waals surface area contributed by atoms with Crippen LogP contribution in [-0.4, -0.2) is 23.1 Å². The fourth-order valence-electron chi connectivity index (χ4n) is 4.52. The van der Waals surface area contributed by atoms with Gasteiger partial charge in [0.1, 0.15) is 0 Å². The first-order valence-electron chi connectivity index (χ1n) is 10.7. The van der Waals surface area contributed by atoms with Crippen LogP contribution < -0.4 is 11.2 Å². The summed E-state index contributed by atoms with van der Waals surface area (Å²) in [5.74, 6) is 0.647. The van der Waals surface area contributed by atoms with Crippen molar-refractivity contribution in [2.75, 3.05) is 0 Å². The number of fused-ring (bicyclic) bond motifs is 3. The average Bonchev–Trinajstić information content (AvgIpc) is 3.30. The van der Waals surface area contributed by atoms with Crippen molar-refractivity contribution >= 4 is 16.9 Å². The van der Waals surface area contributed by atoms with Gasteiger partial charge in [-0.2, -0.15) is 4.98 Å². The van der Waals surface area contributed by atoms with Crippen LogP contribution in [0.5, 0.6) is 0 Å². The normalized spacial score (nSPS) is 12.6. The van der Waals surface area contributed by atoms with Crippen LogP contribution in [0.1, 0.15) is 35.3 Å². The highest BCUT2D eigenvalue weighted by atomic mass is 16.2. The lowest BCUT2D eigenvalue weighted by Gasteiger charge is -2.16. The molecule has 0 saturated carbocycles. The minimum absolute atomic E-state index is 0.0251. The first kappa shape index (κ1) is 20.1. The van der Waals surface area contributed by atoms with Gasteiger partial charge in [-0.25, -0.2) is 4.79 Å². The van der Waals surface area contributed by atoms with Crippen molar-refractivity contribution in [3.63, 3.8) is 0 Å². The summed E-state index contributed by atoms with van der Waals surface area (Å²) in [6, 6.07) is 18.0. The Kier molecular flexibility index (Phi) is 4.62. The van der Waals surface area contributed by atoms with Gasteiger partial charge < -0.3 is 4.57 Å². The molecular formula is C25H25N5O2. The number of nitrogens with zero attached hydrogens (tertiary/aromatic N) is 5. The summed E-state index contributed by atoms with van der Waals surface area (Å²) in [6.07, 6.45) is 1.92. The molecule has 0 saturated heterocycles. The molecule has 0 N–H and O–H groups in total. The van der Waals surface area contributed by atoms with Gasteiger partial charge in [-0.1, -0.05) is 60.2 Å². The number of benzene rings is 2. The molecule has 0 bridgehead atoms. The Balaban J connectivity index is 1.75. The zero-order valence-corrected chi connectivity index (χ0v) is 18.6. The topological polar surface area (TPSA) is 66.2 Å². The summed E-state index contributed by atoms with van der Waals surface area (Å²) in [6.45, 7) is 6.33. The second-order valence-electron chi connectivity index (χ2n) is 8.40. The highest BCUT2D eigenvalue weighted by molar-refractivity contribution is 5.75. The molecule has 7 nitrogen and oxygen atoms in total. The van der Waals surface area contributed by atoms with Gasteiger partial charge >= 0.3 is 5.69 Å². The second-order valence-corrected chi connectivity index (χ2v) is 8.40. The minimum Gasteiger partial charge on any atom is -0.307 e. The predicted molar refractivity (Wildman–Crippen MR) is 125 cm³/mol. The monoisotopic (exact) mass is 427 g/mol. The molecule has 0 aliphatic heterocycles. The van der Waals surface area contributed by atoms with Crippen LogP contribution in [0.4, 0.5) is 0 Å². The Hall–Kier alpha value is -3.87. The van der Waals surface area contributed by atoms with Gasteiger partial charge in [0, 0.05) is 18.9 Å². The van der Waals surface area contributed by atoms with Crippen LogP contribution in [0.3, 0.4) is 0 Å². The molecule has 2 aromatic carbocycles. The summed E-state index contributed by atoms with van der Waals surface area (Å²) in [5.41, 5.74) is 4.24. The van der Waals surface area contributed by atoms with Crippen LogP contribution in [0, 0.1) is 13.8 Å². The summed E-state index contributed by atoms with van der Waals surface area (Å²) in [5, 5.41) is 0. The molecule has 0 amide bonds. The smallest absolute Gasteiger partial charge is 0.307 e. The molecule has 0 radical (unpaired) electrons. The lowest BCUT2D eigenvalue weighted by atomic mass is 10.1. The molecule has 0 spiro atoms. The first-order valence-corrected chi connectivity index (χ1v) is 10.7. The first-order chi connectivity index (χ1) is 15.4. The Morgan fingerprint density at radius 1 is 1.00 bits per heavy atom. The Morgan fingerprint density at radius 3 is 2.47 bits per heavy atom. The molecule has 1 atom stereocenters. The number of aromatic nitrogens is 5. The largest absolute Gasteiger partial charge is 0.332 e. The zero-order valence-electron chi connectivity index (χ0n) is 18.6. The zero-order chi connectivity index (χ0) is 22.6. The van der Waals surface area contributed by atoms with Gasteiger partial charge in [-0.3, -0.25) is 18.3 Å². The third-order valence-corrected chi connectivity index (χ3v) is 6.16. The summed E-state index contributed by atoms with van der Waals surface area (Å²) in [4.78, 5) is 31.3. The summed E-state index contributed by atoms with van der Waals surface area (Å²) >= 11 is 0. The molecule has 3 aromatic heterocycles. The van der Waals surface area contributed by atoms with E-state index in [0.717, 1.165) is 22.4 Å². The van der Waals surface area contributed by atoms with Crippen molar-refractivity contribution in [1.82, 2.24) is 23.1 Å². The van der Waals surface area contributed by atoms with E-state index < -0.39 is 0 Å². The Morgan fingerprint density at radius 2 is 1.75 bits per heavy atom. The molecule has 32 heavy (non-hydrogen) atoms. The molecule has 0 aliphatic rings. The van der Waals surface area contributed by atoms with E-state index in [2.05, 4.69) is 23.6 Å². The van der Waals surface area contributed by atoms with E-state index in [9.17, 15) is 9.59 Å². The summed E-state index contributed by atoms with van der Waals surface area (Å²) in [7, 11) is 1.67. The van der Waals surface area contributed by atoms with E-state index in [0.29, 0.717) is 16.9 Å². The molecular weight excluding hydrogens is 402 g/mol. The van der Waals surface area contributed by atoms with Crippen molar-refractivity contribution in [2.45, 2.75) is 33.4 Å². The number of hydrogen-bond donors (Lipinski definition) is 0. The molecule has 162 valence electrons. The summed E-state index contributed by atoms with van der Waals surface area (Å²) < 4.78 is 6.67. The van der Waals surface area contributed by atoms with Crippen molar-refractivity contribution in [3.05, 3.63) is 104 Å². The van der Waals surface area contributed by atoms with E-state index in [1.807, 2.05) is 66.9 Å². The highest BCUT2D eigenvalue weighted by Gasteiger charge is 2.22. The van der Waals surface area contributed by atoms with Gasteiger partial charge in [-0.15, -0.1) is 0 Å². The minimum atomic E-state index is -0.371. The van der Waals surface area contributed by atoms with Crippen LogP contribution in [0.15, 0.2) is 70.4 Å². The average molecular weight is 428 g/mol. The highest BCUT2D eigenvalue weighted by Crippen LogP contribution is 2.25. The molecule has 3 heterocycles. The quantitative estimate of drug-likeness (QED) is 0.441. The van der Waals surface area contributed by atoms with Crippen molar-refractivity contribution in [1.29, 1.82) is 0 Å². The molecule has 7 heteroatoms. The Labute approximate surface area is 184 Å². The number of aryl methyl sites for hydroxylation is 3. The van der Waals surface area contributed by atoms with Crippen molar-refractivity contribution in [2.24, 2.45) is 7.05 Å². The van der Waals surface area contributed by atoms with Gasteiger partial charge in [0.25, 0.3) is 5.56 Å². The van der Waals surface area contributed by atoms with Gasteiger partial charge in [0.2, 0.25) is 5.78 Å². The Bertz CT molecular complexity index is 1580. The van der Waals surface area contributed by atoms with E-state index in [1.165, 1.54) is 9.13 Å². The van der Waals surface area contributed by atoms with Crippen molar-refractivity contribution < 1.29 is 0 Å². The molecule has 0 fully saturated rings. The maximum atomic E-state index is 13.5. The molecule has 5 aromatic rings. The van der Waals surface area contributed by atoms with Gasteiger partial charge in [0.15, 0.2) is 11.2 Å². The van der Waals surface area contributed by atoms with Crippen LogP contribution in [0.25, 0.3) is 16.9 Å². The third-order valence-electron chi connectivity index (χ3n) is 6.16. The number of imidazole rings is 2. The van der Waals surface area contributed by atoms with E-state index >= 15 is 0 Å². The van der Waals surface area contributed by atoms with Gasteiger partial charge in [0.05, 0.1) is 12.6 Å². The van der Waals surface area contributed by atoms with Crippen molar-refractivity contribution in [3.8, 4) is 0 Å². The number of rotatable bonds is 4. The SMILES string of the molecule is Cc1cccc(Cn2c(=O)c3c(nc4n(C(C)c5ccccc5)c(C)cn34)n(C)c2=O)c1. The predicted octanol–water partition coefficient (Wildman–Crippen LogP) is 3.42. The standard InChI is InChI=1S/C25H25N5O2/c1-16-9-8-10-19(13-16)15-29-23(31)21-22(27(4)25(29)32)26-24-28(21)14-17(2)30(24)18(3)20-11-6-5-7-12-20/h5-14,18H,15H2,1-4H3. The lowest BCUT2D eigenvalue weighted by Crippen LogP contribution is -2.39. The third kappa shape index (κ3) is 3.00. The molecule has 1 unspecified atom stereocenters. The second kappa shape index (κ2) is 7.37. The maximum Gasteiger partial charge on any atom is 0.332 e. The maximum absolute atomic E-state index is 13.5. The van der Waals surface area contributed by atoms with E-state index in [4.69, 9.17) is 4.98 Å². The van der Waals surface area contributed by atoms with Crippen LogP contribution in [-0.2, 0) is 13.6 Å². The molecule has 5 rings (SSSR count). The van der Waals surface area contributed by atoms with Crippen LogP contribution in [0.2, 0.25) is 0 Å². The molecule has 0 aliphatic carbocycles. The lowest BCUT2D eigenvalue weighted by molar-refractivity contribution is 0.638.